The van der Waals surface area contributed by atoms with E-state index >= 15 is 0 Å². The van der Waals surface area contributed by atoms with E-state index in [4.69, 9.17) is 4.74 Å². The summed E-state index contributed by atoms with van der Waals surface area (Å²) in [4.78, 5) is 35.3. The molecular weight excluding hydrogens is 408 g/mol. The second kappa shape index (κ2) is 8.65. The highest BCUT2D eigenvalue weighted by Gasteiger charge is 2.33. The first kappa shape index (κ1) is 22.5. The molecule has 1 aromatic heterocycles. The summed E-state index contributed by atoms with van der Waals surface area (Å²) in [5, 5.41) is 11.6. The second-order valence-corrected chi connectivity index (χ2v) is 9.74. The van der Waals surface area contributed by atoms with Crippen molar-refractivity contribution in [3.63, 3.8) is 0 Å². The fraction of sp³-hybridized carbons (Fsp3) is 0.583. The minimum atomic E-state index is -0.471. The van der Waals surface area contributed by atoms with Crippen molar-refractivity contribution in [2.24, 2.45) is 13.0 Å². The van der Waals surface area contributed by atoms with Crippen LogP contribution >= 0.6 is 0 Å². The van der Waals surface area contributed by atoms with Crippen molar-refractivity contribution in [1.82, 2.24) is 20.4 Å². The molecule has 172 valence electrons. The van der Waals surface area contributed by atoms with Gasteiger partial charge >= 0.3 is 5.97 Å². The van der Waals surface area contributed by atoms with Crippen molar-refractivity contribution < 1.29 is 19.1 Å². The number of aromatic nitrogens is 2. The first-order valence-corrected chi connectivity index (χ1v) is 11.4. The Morgan fingerprint density at radius 3 is 2.78 bits per heavy atom. The number of nitrogens with zero attached hydrogens (tertiary/aromatic N) is 2. The third-order valence-electron chi connectivity index (χ3n) is 6.59. The first-order valence-electron chi connectivity index (χ1n) is 11.4. The molecule has 1 aromatic carbocycles. The van der Waals surface area contributed by atoms with Crippen LogP contribution in [0, 0.1) is 5.92 Å². The van der Waals surface area contributed by atoms with Crippen LogP contribution in [0.2, 0.25) is 0 Å². The summed E-state index contributed by atoms with van der Waals surface area (Å²) in [5.74, 6) is -0.671. The number of ether oxygens (including phenoxy) is 1. The monoisotopic (exact) mass is 440 g/mol. The molecular formula is C24H32N4O4. The van der Waals surface area contributed by atoms with Gasteiger partial charge in [-0.25, -0.2) is 0 Å². The lowest BCUT2D eigenvalue weighted by Gasteiger charge is -2.35. The fourth-order valence-corrected chi connectivity index (χ4v) is 5.29. The van der Waals surface area contributed by atoms with Crippen molar-refractivity contribution in [2.75, 3.05) is 6.54 Å². The van der Waals surface area contributed by atoms with Crippen LogP contribution in [0.1, 0.15) is 76.1 Å². The molecule has 2 N–H and O–H groups in total. The summed E-state index contributed by atoms with van der Waals surface area (Å²) >= 11 is 0. The summed E-state index contributed by atoms with van der Waals surface area (Å²) in [6, 6.07) is 6.51. The van der Waals surface area contributed by atoms with Gasteiger partial charge in [-0.05, 0) is 63.6 Å². The zero-order valence-electron chi connectivity index (χ0n) is 19.2. The Hall–Kier alpha value is -2.74. The number of fused-ring (bicyclic) bond motifs is 1. The van der Waals surface area contributed by atoms with Gasteiger partial charge in [0.05, 0.1) is 17.1 Å². The van der Waals surface area contributed by atoms with E-state index in [0.717, 1.165) is 42.4 Å². The number of carbonyl (C=O) groups is 3. The third-order valence-corrected chi connectivity index (χ3v) is 6.59. The zero-order chi connectivity index (χ0) is 23.0. The van der Waals surface area contributed by atoms with Crippen LogP contribution in [0.5, 0.6) is 0 Å². The Kier molecular flexibility index (Phi) is 6.07. The lowest BCUT2D eigenvalue weighted by molar-refractivity contribution is -0.155. The van der Waals surface area contributed by atoms with E-state index in [1.54, 1.807) is 0 Å². The van der Waals surface area contributed by atoms with E-state index in [-0.39, 0.29) is 23.8 Å². The number of imide groups is 1. The van der Waals surface area contributed by atoms with Gasteiger partial charge in [-0.2, -0.15) is 5.10 Å². The summed E-state index contributed by atoms with van der Waals surface area (Å²) < 4.78 is 7.33. The van der Waals surface area contributed by atoms with Gasteiger partial charge in [-0.3, -0.25) is 24.4 Å². The SMILES string of the molecule is CC(=O)OC(C)(C)CC1CCNC(c2ccc3c(C4CCC(=O)NC4=O)nn(C)c3c2)C1. The number of carbonyl (C=O) groups excluding carboxylic acids is 3. The molecule has 0 saturated carbocycles. The minimum absolute atomic E-state index is 0.209. The molecule has 3 atom stereocenters. The Labute approximate surface area is 188 Å². The van der Waals surface area contributed by atoms with Gasteiger partial charge in [0.15, 0.2) is 0 Å². The Bertz CT molecular complexity index is 1060. The summed E-state index contributed by atoms with van der Waals surface area (Å²) in [6.45, 7) is 6.32. The first-order chi connectivity index (χ1) is 15.1. The summed E-state index contributed by atoms with van der Waals surface area (Å²) in [6.07, 6.45) is 3.67. The highest BCUT2D eigenvalue weighted by Crippen LogP contribution is 2.36. The number of piperidine rings is 2. The standard InChI is InChI=1S/C24H32N4O4/c1-14(29)32-24(2,3)13-15-9-10-25-19(11-15)16-5-6-17-20(12-16)28(4)27-22(17)18-7-8-21(30)26-23(18)31/h5-6,12,15,18-19,25H,7-11,13H2,1-4H3,(H,26,30,31). The van der Waals surface area contributed by atoms with Crippen LogP contribution in [-0.4, -0.2) is 39.7 Å². The highest BCUT2D eigenvalue weighted by molar-refractivity contribution is 6.02. The van der Waals surface area contributed by atoms with Gasteiger partial charge in [0.25, 0.3) is 0 Å². The summed E-state index contributed by atoms with van der Waals surface area (Å²) in [7, 11) is 1.89. The quantitative estimate of drug-likeness (QED) is 0.548. The number of nitrogens with one attached hydrogen (secondary N) is 2. The topological polar surface area (TPSA) is 102 Å². The Balaban J connectivity index is 1.54. The number of hydrogen-bond acceptors (Lipinski definition) is 6. The van der Waals surface area contributed by atoms with Crippen LogP contribution in [0.25, 0.3) is 10.9 Å². The molecule has 2 aromatic rings. The van der Waals surface area contributed by atoms with Gasteiger partial charge in [-0.15, -0.1) is 0 Å². The number of benzene rings is 1. The molecule has 0 aliphatic carbocycles. The van der Waals surface area contributed by atoms with Crippen LogP contribution in [0.4, 0.5) is 0 Å². The van der Waals surface area contributed by atoms with Crippen LogP contribution < -0.4 is 10.6 Å². The molecule has 4 rings (SSSR count). The predicted molar refractivity (Wildman–Crippen MR) is 120 cm³/mol. The molecule has 2 saturated heterocycles. The molecule has 2 amide bonds. The van der Waals surface area contributed by atoms with Gasteiger partial charge in [0, 0.05) is 31.8 Å². The van der Waals surface area contributed by atoms with E-state index in [1.165, 1.54) is 12.5 Å². The van der Waals surface area contributed by atoms with Crippen LogP contribution in [-0.2, 0) is 26.2 Å². The van der Waals surface area contributed by atoms with E-state index in [0.29, 0.717) is 18.8 Å². The number of aryl methyl sites for hydroxylation is 1. The molecule has 2 fully saturated rings. The highest BCUT2D eigenvalue weighted by atomic mass is 16.6. The second-order valence-electron chi connectivity index (χ2n) is 9.74. The van der Waals surface area contributed by atoms with Gasteiger partial charge in [0.1, 0.15) is 5.60 Å². The van der Waals surface area contributed by atoms with E-state index < -0.39 is 11.5 Å². The zero-order valence-corrected chi connectivity index (χ0v) is 19.2. The molecule has 32 heavy (non-hydrogen) atoms. The Morgan fingerprint density at radius 2 is 2.06 bits per heavy atom. The number of hydrogen-bond donors (Lipinski definition) is 2. The molecule has 2 aliphatic rings. The van der Waals surface area contributed by atoms with Gasteiger partial charge in [0.2, 0.25) is 11.8 Å². The lowest BCUT2D eigenvalue weighted by atomic mass is 9.82. The minimum Gasteiger partial charge on any atom is -0.460 e. The van der Waals surface area contributed by atoms with Gasteiger partial charge in [-0.1, -0.05) is 12.1 Å². The van der Waals surface area contributed by atoms with Crippen molar-refractivity contribution in [2.45, 2.75) is 70.4 Å². The molecule has 0 radical (unpaired) electrons. The van der Waals surface area contributed by atoms with Crippen LogP contribution in [0.15, 0.2) is 18.2 Å². The number of amides is 2. The lowest BCUT2D eigenvalue weighted by Crippen LogP contribution is -2.39. The molecule has 2 aliphatic heterocycles. The fourth-order valence-electron chi connectivity index (χ4n) is 5.29. The largest absolute Gasteiger partial charge is 0.460 e. The average Bonchev–Trinajstić information content (AvgIpc) is 3.02. The molecule has 0 bridgehead atoms. The smallest absolute Gasteiger partial charge is 0.303 e. The number of rotatable bonds is 5. The van der Waals surface area contributed by atoms with Crippen molar-refractivity contribution >= 4 is 28.7 Å². The maximum absolute atomic E-state index is 12.4. The molecule has 3 heterocycles. The Morgan fingerprint density at radius 1 is 1.28 bits per heavy atom. The molecule has 0 spiro atoms. The predicted octanol–water partition coefficient (Wildman–Crippen LogP) is 2.87. The van der Waals surface area contributed by atoms with E-state index in [1.807, 2.05) is 31.6 Å². The molecule has 8 heteroatoms. The molecule has 3 unspecified atom stereocenters. The average molecular weight is 441 g/mol. The van der Waals surface area contributed by atoms with Crippen molar-refractivity contribution in [1.29, 1.82) is 0 Å². The maximum atomic E-state index is 12.4. The van der Waals surface area contributed by atoms with Crippen molar-refractivity contribution in [3.05, 3.63) is 29.5 Å². The summed E-state index contributed by atoms with van der Waals surface area (Å²) in [5.41, 5.74) is 2.43. The normalized spacial score (nSPS) is 24.4. The maximum Gasteiger partial charge on any atom is 0.303 e. The number of esters is 1. The van der Waals surface area contributed by atoms with Crippen LogP contribution in [0.3, 0.4) is 0 Å². The third kappa shape index (κ3) is 4.70. The van der Waals surface area contributed by atoms with Gasteiger partial charge < -0.3 is 10.1 Å². The van der Waals surface area contributed by atoms with E-state index in [9.17, 15) is 14.4 Å². The van der Waals surface area contributed by atoms with Crippen molar-refractivity contribution in [3.8, 4) is 0 Å². The van der Waals surface area contributed by atoms with E-state index in [2.05, 4.69) is 27.9 Å². The molecule has 8 nitrogen and oxygen atoms in total.